The molecule has 0 fully saturated rings. The van der Waals surface area contributed by atoms with Crippen LogP contribution in [0.5, 0.6) is 0 Å². The van der Waals surface area contributed by atoms with Gasteiger partial charge < -0.3 is 0 Å². The van der Waals surface area contributed by atoms with Crippen molar-refractivity contribution in [1.29, 1.82) is 0 Å². The van der Waals surface area contributed by atoms with Crippen LogP contribution in [0.25, 0.3) is 34.2 Å². The van der Waals surface area contributed by atoms with E-state index in [-0.39, 0.29) is 0 Å². The van der Waals surface area contributed by atoms with Gasteiger partial charge >= 0.3 is 0 Å². The lowest BCUT2D eigenvalue weighted by Gasteiger charge is -2.09. The van der Waals surface area contributed by atoms with E-state index in [2.05, 4.69) is 79.2 Å². The summed E-state index contributed by atoms with van der Waals surface area (Å²) >= 11 is 3.51. The van der Waals surface area contributed by atoms with Gasteiger partial charge in [0.15, 0.2) is 17.5 Å². The second-order valence-electron chi connectivity index (χ2n) is 8.19. The van der Waals surface area contributed by atoms with Crippen LogP contribution in [0, 0.1) is 0 Å². The first-order chi connectivity index (χ1) is 15.6. The SMILES string of the molecule is Bc1ccc(-c2nc(-c3ccc(Br)cc3)nc(-c3ccc(CCCCCC)cc3)n2)cc1. The highest BCUT2D eigenvalue weighted by molar-refractivity contribution is 9.10. The van der Waals surface area contributed by atoms with Gasteiger partial charge in [-0.2, -0.15) is 0 Å². The second-order valence-corrected chi connectivity index (χ2v) is 9.10. The van der Waals surface area contributed by atoms with Crippen molar-refractivity contribution < 1.29 is 0 Å². The van der Waals surface area contributed by atoms with Crippen LogP contribution in [-0.4, -0.2) is 22.8 Å². The summed E-state index contributed by atoms with van der Waals surface area (Å²) in [5.41, 5.74) is 5.55. The molecule has 5 heteroatoms. The maximum atomic E-state index is 4.83. The van der Waals surface area contributed by atoms with E-state index < -0.39 is 0 Å². The van der Waals surface area contributed by atoms with Crippen LogP contribution in [-0.2, 0) is 6.42 Å². The van der Waals surface area contributed by atoms with E-state index >= 15 is 0 Å². The maximum absolute atomic E-state index is 4.83. The Morgan fingerprint density at radius 2 is 1.09 bits per heavy atom. The number of hydrogen-bond acceptors (Lipinski definition) is 3. The largest absolute Gasteiger partial charge is 0.208 e. The molecule has 0 amide bonds. The first-order valence-electron chi connectivity index (χ1n) is 11.3. The molecule has 0 saturated heterocycles. The van der Waals surface area contributed by atoms with Crippen LogP contribution in [0.4, 0.5) is 0 Å². The van der Waals surface area contributed by atoms with Gasteiger partial charge in [-0.1, -0.05) is 108 Å². The Labute approximate surface area is 199 Å². The zero-order chi connectivity index (χ0) is 22.3. The molecule has 1 aromatic heterocycles. The van der Waals surface area contributed by atoms with Crippen LogP contribution in [0.3, 0.4) is 0 Å². The Hall–Kier alpha value is -2.79. The van der Waals surface area contributed by atoms with E-state index in [1.54, 1.807) is 0 Å². The summed E-state index contributed by atoms with van der Waals surface area (Å²) < 4.78 is 1.03. The van der Waals surface area contributed by atoms with Gasteiger partial charge in [0.05, 0.1) is 0 Å². The molecule has 3 aromatic carbocycles. The highest BCUT2D eigenvalue weighted by Gasteiger charge is 2.12. The molecule has 0 radical (unpaired) electrons. The molecule has 3 nitrogen and oxygen atoms in total. The molecule has 160 valence electrons. The molecule has 4 aromatic rings. The Bertz CT molecular complexity index is 1090. The van der Waals surface area contributed by atoms with E-state index in [1.807, 2.05) is 24.3 Å². The lowest BCUT2D eigenvalue weighted by Crippen LogP contribution is -2.03. The molecule has 32 heavy (non-hydrogen) atoms. The third kappa shape index (κ3) is 5.71. The third-order valence-electron chi connectivity index (χ3n) is 5.58. The Morgan fingerprint density at radius 3 is 1.59 bits per heavy atom. The summed E-state index contributed by atoms with van der Waals surface area (Å²) in [6, 6.07) is 25.1. The molecule has 0 spiro atoms. The van der Waals surface area contributed by atoms with Gasteiger partial charge in [0.2, 0.25) is 0 Å². The van der Waals surface area contributed by atoms with Crippen molar-refractivity contribution in [1.82, 2.24) is 15.0 Å². The monoisotopic (exact) mass is 483 g/mol. The van der Waals surface area contributed by atoms with Crippen molar-refractivity contribution in [2.75, 3.05) is 0 Å². The number of benzene rings is 3. The maximum Gasteiger partial charge on any atom is 0.164 e. The number of unbranched alkanes of at least 4 members (excludes halogenated alkanes) is 3. The Kier molecular flexibility index (Phi) is 7.49. The number of aromatic nitrogens is 3. The predicted molar refractivity (Wildman–Crippen MR) is 140 cm³/mol. The van der Waals surface area contributed by atoms with Crippen LogP contribution in [0.15, 0.2) is 77.3 Å². The van der Waals surface area contributed by atoms with Crippen LogP contribution < -0.4 is 5.46 Å². The van der Waals surface area contributed by atoms with E-state index in [0.717, 1.165) is 27.6 Å². The number of hydrogen-bond donors (Lipinski definition) is 0. The van der Waals surface area contributed by atoms with Crippen molar-refractivity contribution in [3.05, 3.63) is 82.8 Å². The second kappa shape index (κ2) is 10.7. The van der Waals surface area contributed by atoms with Crippen molar-refractivity contribution in [3.8, 4) is 34.2 Å². The standard InChI is InChI=1S/C27H27BBrN3/c1-2-3-4-5-6-19-7-9-20(10-8-19)25-30-26(21-11-15-23(28)16-12-21)32-27(31-25)22-13-17-24(29)18-14-22/h7-18H,2-6,28H2,1H3. The summed E-state index contributed by atoms with van der Waals surface area (Å²) in [7, 11) is 2.08. The quantitative estimate of drug-likeness (QED) is 0.227. The fraction of sp³-hybridized carbons (Fsp3) is 0.222. The Morgan fingerprint density at radius 1 is 0.625 bits per heavy atom. The van der Waals surface area contributed by atoms with Gasteiger partial charge in [-0.3, -0.25) is 0 Å². The van der Waals surface area contributed by atoms with Gasteiger partial charge in [0, 0.05) is 21.2 Å². The number of aryl methyl sites for hydroxylation is 1. The average molecular weight is 484 g/mol. The summed E-state index contributed by atoms with van der Waals surface area (Å²) in [4.78, 5) is 14.5. The van der Waals surface area contributed by atoms with Crippen molar-refractivity contribution in [3.63, 3.8) is 0 Å². The van der Waals surface area contributed by atoms with Gasteiger partial charge in [-0.15, -0.1) is 0 Å². The van der Waals surface area contributed by atoms with Gasteiger partial charge in [0.1, 0.15) is 7.85 Å². The molecule has 0 aliphatic heterocycles. The molecule has 4 rings (SSSR count). The van der Waals surface area contributed by atoms with E-state index in [9.17, 15) is 0 Å². The molecule has 0 bridgehead atoms. The fourth-order valence-electron chi connectivity index (χ4n) is 3.64. The molecule has 0 aliphatic carbocycles. The number of rotatable bonds is 8. The molecule has 1 heterocycles. The smallest absolute Gasteiger partial charge is 0.164 e. The topological polar surface area (TPSA) is 38.7 Å². The summed E-state index contributed by atoms with van der Waals surface area (Å²) in [6.07, 6.45) is 6.23. The molecule has 0 aliphatic rings. The number of halogens is 1. The molecular formula is C27H27BBrN3. The minimum Gasteiger partial charge on any atom is -0.208 e. The highest BCUT2D eigenvalue weighted by Crippen LogP contribution is 2.25. The lowest BCUT2D eigenvalue weighted by molar-refractivity contribution is 0.667. The van der Waals surface area contributed by atoms with Gasteiger partial charge in [-0.25, -0.2) is 15.0 Å². The lowest BCUT2D eigenvalue weighted by atomic mass is 9.95. The minimum atomic E-state index is 0.682. The minimum absolute atomic E-state index is 0.682. The third-order valence-corrected chi connectivity index (χ3v) is 6.11. The summed E-state index contributed by atoms with van der Waals surface area (Å²) in [6.45, 7) is 2.25. The molecule has 0 N–H and O–H groups in total. The van der Waals surface area contributed by atoms with E-state index in [0.29, 0.717) is 17.5 Å². The Balaban J connectivity index is 1.69. The van der Waals surface area contributed by atoms with E-state index in [4.69, 9.17) is 15.0 Å². The number of nitrogens with zero attached hydrogens (tertiary/aromatic N) is 3. The van der Waals surface area contributed by atoms with Crippen LogP contribution in [0.1, 0.15) is 38.2 Å². The molecule has 0 atom stereocenters. The van der Waals surface area contributed by atoms with Gasteiger partial charge in [-0.05, 0) is 30.5 Å². The van der Waals surface area contributed by atoms with Gasteiger partial charge in [0.25, 0.3) is 0 Å². The summed E-state index contributed by atoms with van der Waals surface area (Å²) in [5, 5.41) is 0. The van der Waals surface area contributed by atoms with Crippen molar-refractivity contribution in [2.45, 2.75) is 39.0 Å². The van der Waals surface area contributed by atoms with Crippen LogP contribution in [0.2, 0.25) is 0 Å². The average Bonchev–Trinajstić information content (AvgIpc) is 2.83. The summed E-state index contributed by atoms with van der Waals surface area (Å²) in [5.74, 6) is 2.07. The van der Waals surface area contributed by atoms with E-state index in [1.165, 1.54) is 36.7 Å². The predicted octanol–water partition coefficient (Wildman–Crippen LogP) is 6.02. The molecule has 0 unspecified atom stereocenters. The highest BCUT2D eigenvalue weighted by atomic mass is 79.9. The zero-order valence-corrected chi connectivity index (χ0v) is 20.3. The first-order valence-corrected chi connectivity index (χ1v) is 12.1. The first kappa shape index (κ1) is 22.4. The van der Waals surface area contributed by atoms with Crippen LogP contribution >= 0.6 is 15.9 Å². The van der Waals surface area contributed by atoms with Crippen molar-refractivity contribution >= 4 is 29.2 Å². The molecular weight excluding hydrogens is 457 g/mol. The van der Waals surface area contributed by atoms with Crippen molar-refractivity contribution in [2.24, 2.45) is 0 Å². The normalized spacial score (nSPS) is 10.9. The fourth-order valence-corrected chi connectivity index (χ4v) is 3.91. The zero-order valence-electron chi connectivity index (χ0n) is 18.7. The molecule has 0 saturated carbocycles.